The van der Waals surface area contributed by atoms with Crippen molar-refractivity contribution < 1.29 is 0 Å². The first-order chi connectivity index (χ1) is 10.3. The lowest BCUT2D eigenvalue weighted by Gasteiger charge is -2.17. The number of H-pyrrole nitrogens is 1. The van der Waals surface area contributed by atoms with Crippen LogP contribution in [-0.2, 0) is 0 Å². The van der Waals surface area contributed by atoms with Crippen LogP contribution in [0.2, 0.25) is 0 Å². The molecule has 3 rings (SSSR count). The molecule has 1 aromatic carbocycles. The fraction of sp³-hybridized carbons (Fsp3) is 0.200. The fourth-order valence-corrected chi connectivity index (χ4v) is 3.59. The van der Waals surface area contributed by atoms with E-state index in [0.717, 1.165) is 22.2 Å². The number of anilines is 1. The Balaban J connectivity index is 1.66. The molecule has 0 aliphatic heterocycles. The van der Waals surface area contributed by atoms with E-state index in [1.165, 1.54) is 11.2 Å². The zero-order valence-electron chi connectivity index (χ0n) is 11.6. The van der Waals surface area contributed by atoms with E-state index < -0.39 is 0 Å². The Morgan fingerprint density at radius 2 is 2.14 bits per heavy atom. The summed E-state index contributed by atoms with van der Waals surface area (Å²) in [6.07, 6.45) is 2.58. The summed E-state index contributed by atoms with van der Waals surface area (Å²) < 4.78 is 0. The molecule has 108 valence electrons. The lowest BCUT2D eigenvalue weighted by Crippen LogP contribution is -2.07. The van der Waals surface area contributed by atoms with Crippen molar-refractivity contribution in [1.82, 2.24) is 15.2 Å². The molecule has 21 heavy (non-hydrogen) atoms. The average molecular weight is 316 g/mol. The molecule has 0 saturated carbocycles. The third-order valence-corrected chi connectivity index (χ3v) is 4.98. The molecule has 0 radical (unpaired) electrons. The van der Waals surface area contributed by atoms with E-state index in [4.69, 9.17) is 0 Å². The lowest BCUT2D eigenvalue weighted by molar-refractivity contribution is 0.764. The maximum absolute atomic E-state index is 4.11. The fourth-order valence-electron chi connectivity index (χ4n) is 2.04. The number of hydrogen-bond acceptors (Lipinski definition) is 5. The summed E-state index contributed by atoms with van der Waals surface area (Å²) in [5.41, 5.74) is 1.14. The standard InChI is InChI=1S/C15H16N4S2/c1-2-13(14-4-3-9-20-14)18-11-5-7-12(8-6-11)21-15-16-10-17-19-15/h3-10,13,18H,2H2,1H3,(H,16,17,19). The van der Waals surface area contributed by atoms with Gasteiger partial charge in [-0.3, -0.25) is 5.10 Å². The summed E-state index contributed by atoms with van der Waals surface area (Å²) in [6.45, 7) is 2.20. The zero-order chi connectivity index (χ0) is 14.5. The molecule has 0 aliphatic rings. The first-order valence-electron chi connectivity index (χ1n) is 6.78. The Bertz CT molecular complexity index is 648. The predicted molar refractivity (Wildman–Crippen MR) is 87.9 cm³/mol. The molecule has 2 N–H and O–H groups in total. The first-order valence-corrected chi connectivity index (χ1v) is 8.48. The number of nitrogens with one attached hydrogen (secondary N) is 2. The molecule has 4 nitrogen and oxygen atoms in total. The van der Waals surface area contributed by atoms with Gasteiger partial charge in [-0.25, -0.2) is 4.98 Å². The van der Waals surface area contributed by atoms with Crippen LogP contribution in [0.15, 0.2) is 58.2 Å². The molecular formula is C15H16N4S2. The van der Waals surface area contributed by atoms with Crippen LogP contribution in [-0.4, -0.2) is 15.2 Å². The van der Waals surface area contributed by atoms with Gasteiger partial charge in [0.05, 0.1) is 6.04 Å². The lowest BCUT2D eigenvalue weighted by atomic mass is 10.1. The van der Waals surface area contributed by atoms with E-state index in [1.54, 1.807) is 23.1 Å². The smallest absolute Gasteiger partial charge is 0.188 e. The van der Waals surface area contributed by atoms with Crippen molar-refractivity contribution in [3.63, 3.8) is 0 Å². The van der Waals surface area contributed by atoms with Crippen LogP contribution in [0.3, 0.4) is 0 Å². The van der Waals surface area contributed by atoms with Crippen molar-refractivity contribution in [3.8, 4) is 0 Å². The Kier molecular flexibility index (Phi) is 4.57. The van der Waals surface area contributed by atoms with Gasteiger partial charge in [-0.2, -0.15) is 5.10 Å². The largest absolute Gasteiger partial charge is 0.377 e. The van der Waals surface area contributed by atoms with E-state index in [1.807, 2.05) is 0 Å². The second-order valence-electron chi connectivity index (χ2n) is 4.54. The molecule has 0 spiro atoms. The van der Waals surface area contributed by atoms with Crippen LogP contribution < -0.4 is 5.32 Å². The topological polar surface area (TPSA) is 53.6 Å². The van der Waals surface area contributed by atoms with Gasteiger partial charge in [-0.1, -0.05) is 24.8 Å². The second-order valence-corrected chi connectivity index (χ2v) is 6.58. The van der Waals surface area contributed by atoms with Gasteiger partial charge in [0.1, 0.15) is 6.33 Å². The van der Waals surface area contributed by atoms with E-state index in [2.05, 4.69) is 69.2 Å². The van der Waals surface area contributed by atoms with Gasteiger partial charge in [0.25, 0.3) is 0 Å². The number of hydrogen-bond donors (Lipinski definition) is 2. The van der Waals surface area contributed by atoms with Gasteiger partial charge in [-0.05, 0) is 42.1 Å². The monoisotopic (exact) mass is 316 g/mol. The van der Waals surface area contributed by atoms with E-state index in [-0.39, 0.29) is 0 Å². The predicted octanol–water partition coefficient (Wildman–Crippen LogP) is 4.58. The highest BCUT2D eigenvalue weighted by atomic mass is 32.2. The van der Waals surface area contributed by atoms with Crippen molar-refractivity contribution in [2.75, 3.05) is 5.32 Å². The van der Waals surface area contributed by atoms with Crippen LogP contribution in [0.25, 0.3) is 0 Å². The number of aromatic nitrogens is 3. The van der Waals surface area contributed by atoms with Crippen LogP contribution in [0, 0.1) is 0 Å². The summed E-state index contributed by atoms with van der Waals surface area (Å²) in [4.78, 5) is 6.62. The molecule has 2 aromatic heterocycles. The third-order valence-electron chi connectivity index (χ3n) is 3.10. The van der Waals surface area contributed by atoms with Crippen LogP contribution in [0.5, 0.6) is 0 Å². The quantitative estimate of drug-likeness (QED) is 0.699. The van der Waals surface area contributed by atoms with Crippen molar-refractivity contribution in [1.29, 1.82) is 0 Å². The second kappa shape index (κ2) is 6.78. The van der Waals surface area contributed by atoms with E-state index >= 15 is 0 Å². The molecule has 0 aliphatic carbocycles. The van der Waals surface area contributed by atoms with Crippen molar-refractivity contribution in [3.05, 3.63) is 53.0 Å². The van der Waals surface area contributed by atoms with E-state index in [9.17, 15) is 0 Å². The number of benzene rings is 1. The Labute approximate surface area is 132 Å². The molecule has 6 heteroatoms. The Hall–Kier alpha value is -1.79. The molecule has 0 amide bonds. The summed E-state index contributed by atoms with van der Waals surface area (Å²) in [6, 6.07) is 13.1. The number of rotatable bonds is 6. The molecular weight excluding hydrogens is 300 g/mol. The van der Waals surface area contributed by atoms with Gasteiger partial charge in [0, 0.05) is 15.5 Å². The van der Waals surface area contributed by atoms with Gasteiger partial charge >= 0.3 is 0 Å². The molecule has 0 saturated heterocycles. The number of thiophene rings is 1. The van der Waals surface area contributed by atoms with Crippen LogP contribution in [0.1, 0.15) is 24.3 Å². The summed E-state index contributed by atoms with van der Waals surface area (Å²) >= 11 is 3.37. The minimum absolute atomic E-state index is 0.373. The molecule has 2 heterocycles. The van der Waals surface area contributed by atoms with Gasteiger partial charge in [0.15, 0.2) is 5.16 Å². The average Bonchev–Trinajstić information content (AvgIpc) is 3.20. The zero-order valence-corrected chi connectivity index (χ0v) is 13.2. The van der Waals surface area contributed by atoms with Crippen LogP contribution >= 0.6 is 23.1 Å². The van der Waals surface area contributed by atoms with Crippen molar-refractivity contribution in [2.45, 2.75) is 29.4 Å². The van der Waals surface area contributed by atoms with Crippen LogP contribution in [0.4, 0.5) is 5.69 Å². The van der Waals surface area contributed by atoms with Gasteiger partial charge in [-0.15, -0.1) is 11.3 Å². The van der Waals surface area contributed by atoms with Crippen molar-refractivity contribution in [2.24, 2.45) is 0 Å². The number of nitrogens with zero attached hydrogens (tertiary/aromatic N) is 2. The Morgan fingerprint density at radius 3 is 2.76 bits per heavy atom. The van der Waals surface area contributed by atoms with Crippen molar-refractivity contribution >= 4 is 28.8 Å². The van der Waals surface area contributed by atoms with Gasteiger partial charge < -0.3 is 5.32 Å². The SMILES string of the molecule is CCC(Nc1ccc(Sc2ncn[nH]2)cc1)c1cccs1. The maximum atomic E-state index is 4.11. The number of aromatic amines is 1. The highest BCUT2D eigenvalue weighted by Crippen LogP contribution is 2.29. The first kappa shape index (κ1) is 14.2. The van der Waals surface area contributed by atoms with E-state index in [0.29, 0.717) is 6.04 Å². The molecule has 1 atom stereocenters. The normalized spacial score (nSPS) is 12.2. The van der Waals surface area contributed by atoms with Gasteiger partial charge in [0.2, 0.25) is 0 Å². The minimum atomic E-state index is 0.373. The molecule has 1 unspecified atom stereocenters. The third kappa shape index (κ3) is 3.65. The highest BCUT2D eigenvalue weighted by Gasteiger charge is 2.10. The molecule has 3 aromatic rings. The Morgan fingerprint density at radius 1 is 1.29 bits per heavy atom. The minimum Gasteiger partial charge on any atom is -0.377 e. The molecule has 0 bridgehead atoms. The molecule has 0 fully saturated rings. The summed E-state index contributed by atoms with van der Waals surface area (Å²) in [5.74, 6) is 0. The maximum Gasteiger partial charge on any atom is 0.188 e. The summed E-state index contributed by atoms with van der Waals surface area (Å²) in [5, 5.41) is 13.2. The summed E-state index contributed by atoms with van der Waals surface area (Å²) in [7, 11) is 0. The highest BCUT2D eigenvalue weighted by molar-refractivity contribution is 7.99.